The molecule has 0 spiro atoms. The molecular weight excluding hydrogens is 232 g/mol. The Morgan fingerprint density at radius 3 is 2.47 bits per heavy atom. The predicted octanol–water partition coefficient (Wildman–Crippen LogP) is 2.17. The second-order valence-corrected chi connectivity index (χ2v) is 6.36. The zero-order chi connectivity index (χ0) is 12.6. The summed E-state index contributed by atoms with van der Waals surface area (Å²) in [6.45, 7) is 0. The number of nitrogens with zero attached hydrogens (tertiary/aromatic N) is 2. The van der Waals surface area contributed by atoms with Crippen molar-refractivity contribution in [2.75, 3.05) is 27.4 Å². The van der Waals surface area contributed by atoms with Crippen molar-refractivity contribution in [3.8, 4) is 0 Å². The van der Waals surface area contributed by atoms with Crippen molar-refractivity contribution in [2.45, 2.75) is 4.90 Å². The van der Waals surface area contributed by atoms with Gasteiger partial charge in [-0.25, -0.2) is 0 Å². The normalized spacial score (nSPS) is 13.9. The molecule has 1 aromatic heterocycles. The number of hydrogen-bond donors (Lipinski definition) is 0. The Bertz CT molecular complexity index is 587. The smallest absolute Gasteiger partial charge is 0.143 e. The molecule has 0 radical (unpaired) electrons. The molecule has 2 rings (SSSR count). The Morgan fingerprint density at radius 2 is 1.88 bits per heavy atom. The van der Waals surface area contributed by atoms with E-state index in [9.17, 15) is 4.21 Å². The third-order valence-corrected chi connectivity index (χ3v) is 3.66. The fourth-order valence-corrected chi connectivity index (χ4v) is 2.41. The number of benzene rings is 1. The van der Waals surface area contributed by atoms with Gasteiger partial charge in [0, 0.05) is 34.2 Å². The lowest BCUT2D eigenvalue weighted by molar-refractivity contribution is 0.490. The zero-order valence-electron chi connectivity index (χ0n) is 10.6. The maximum absolute atomic E-state index is 11.5. The van der Waals surface area contributed by atoms with Crippen LogP contribution in [0, 0.1) is 0 Å². The number of pyridine rings is 1. The lowest BCUT2D eigenvalue weighted by Crippen LogP contribution is -2.34. The zero-order valence-corrected chi connectivity index (χ0v) is 11.4. The first-order valence-electron chi connectivity index (χ1n) is 5.44. The van der Waals surface area contributed by atoms with E-state index < -0.39 is 10.8 Å². The van der Waals surface area contributed by atoms with E-state index in [0.717, 1.165) is 20.3 Å². The Hall–Kier alpha value is -1.26. The molecule has 0 saturated carbocycles. The average molecular weight is 249 g/mol. The van der Waals surface area contributed by atoms with E-state index in [4.69, 9.17) is 0 Å². The molecular formula is C13H17N2OS+. The average Bonchev–Trinajstić information content (AvgIpc) is 2.26. The van der Waals surface area contributed by atoms with Crippen molar-refractivity contribution in [3.63, 3.8) is 0 Å². The van der Waals surface area contributed by atoms with Crippen LogP contribution in [-0.4, -0.2) is 36.6 Å². The van der Waals surface area contributed by atoms with Gasteiger partial charge in [-0.15, -0.1) is 0 Å². The van der Waals surface area contributed by atoms with Gasteiger partial charge in [-0.1, -0.05) is 0 Å². The Kier molecular flexibility index (Phi) is 3.02. The van der Waals surface area contributed by atoms with E-state index >= 15 is 0 Å². The molecule has 0 aliphatic heterocycles. The minimum atomic E-state index is -0.958. The summed E-state index contributed by atoms with van der Waals surface area (Å²) in [6, 6.07) is 7.87. The van der Waals surface area contributed by atoms with Crippen molar-refractivity contribution in [1.82, 2.24) is 9.47 Å². The van der Waals surface area contributed by atoms with E-state index in [-0.39, 0.29) is 0 Å². The monoisotopic (exact) mass is 249 g/mol. The number of rotatable bonds is 2. The molecule has 0 saturated heterocycles. The van der Waals surface area contributed by atoms with Crippen molar-refractivity contribution in [3.05, 3.63) is 30.5 Å². The van der Waals surface area contributed by atoms with E-state index in [1.165, 1.54) is 5.69 Å². The first-order valence-corrected chi connectivity index (χ1v) is 6.99. The van der Waals surface area contributed by atoms with E-state index in [1.54, 1.807) is 6.26 Å². The van der Waals surface area contributed by atoms with Gasteiger partial charge in [0.15, 0.2) is 0 Å². The number of hydrogen-bond acceptors (Lipinski definition) is 2. The van der Waals surface area contributed by atoms with Crippen molar-refractivity contribution in [1.29, 1.82) is 0 Å². The first-order chi connectivity index (χ1) is 7.89. The first kappa shape index (κ1) is 12.2. The molecule has 0 fully saturated rings. The second kappa shape index (κ2) is 4.20. The molecule has 0 N–H and O–H groups in total. The van der Waals surface area contributed by atoms with Gasteiger partial charge in [0.1, 0.15) is 5.69 Å². The van der Waals surface area contributed by atoms with E-state index in [0.29, 0.717) is 0 Å². The van der Waals surface area contributed by atoms with Gasteiger partial charge in [0.25, 0.3) is 0 Å². The summed E-state index contributed by atoms with van der Waals surface area (Å²) in [4.78, 5) is 5.18. The summed E-state index contributed by atoms with van der Waals surface area (Å²) in [7, 11) is 5.42. The van der Waals surface area contributed by atoms with Gasteiger partial charge in [0.2, 0.25) is 0 Å². The predicted molar refractivity (Wildman–Crippen MR) is 73.6 cm³/mol. The summed E-state index contributed by atoms with van der Waals surface area (Å²) in [6.07, 6.45) is 3.49. The fraction of sp³-hybridized carbons (Fsp3) is 0.308. The summed E-state index contributed by atoms with van der Waals surface area (Å²) < 4.78 is 12.2. The molecule has 2 aromatic rings. The minimum absolute atomic E-state index is 0.744. The standard InChI is InChI=1S/C13H17N2OS/c1-15(2,3)13-7-8-14-12-9-10(17(4)16)5-6-11(12)13/h5-9H,1-4H3/q+1. The number of fused-ring (bicyclic) bond motifs is 1. The molecule has 0 amide bonds. The Labute approximate surface area is 104 Å². The van der Waals surface area contributed by atoms with Crippen molar-refractivity contribution < 1.29 is 4.21 Å². The van der Waals surface area contributed by atoms with Crippen molar-refractivity contribution in [2.24, 2.45) is 0 Å². The quantitative estimate of drug-likeness (QED) is 0.764. The second-order valence-electron chi connectivity index (χ2n) is 4.98. The lowest BCUT2D eigenvalue weighted by atomic mass is 10.1. The minimum Gasteiger partial charge on any atom is -0.298 e. The number of quaternary nitrogens is 1. The summed E-state index contributed by atoms with van der Waals surface area (Å²) in [5.41, 5.74) is 2.12. The van der Waals surface area contributed by atoms with Gasteiger partial charge in [-0.2, -0.15) is 0 Å². The van der Waals surface area contributed by atoms with Gasteiger partial charge < -0.3 is 0 Å². The van der Waals surface area contributed by atoms with Gasteiger partial charge in [0.05, 0.1) is 32.0 Å². The summed E-state index contributed by atoms with van der Waals surface area (Å²) in [5.74, 6) is 0. The molecule has 4 heteroatoms. The van der Waals surface area contributed by atoms with Crippen LogP contribution in [0.15, 0.2) is 35.4 Å². The molecule has 1 aromatic carbocycles. The van der Waals surface area contributed by atoms with Gasteiger partial charge in [-0.05, 0) is 18.2 Å². The van der Waals surface area contributed by atoms with Crippen LogP contribution in [0.1, 0.15) is 0 Å². The van der Waals surface area contributed by atoms with Gasteiger partial charge in [-0.3, -0.25) is 13.7 Å². The third kappa shape index (κ3) is 2.37. The third-order valence-electron chi connectivity index (χ3n) is 2.75. The highest BCUT2D eigenvalue weighted by molar-refractivity contribution is 7.84. The topological polar surface area (TPSA) is 30.0 Å². The van der Waals surface area contributed by atoms with E-state index in [1.807, 2.05) is 30.5 Å². The summed E-state index contributed by atoms with van der Waals surface area (Å²) >= 11 is 0. The molecule has 0 bridgehead atoms. The Morgan fingerprint density at radius 1 is 1.18 bits per heavy atom. The largest absolute Gasteiger partial charge is 0.298 e. The highest BCUT2D eigenvalue weighted by Gasteiger charge is 2.16. The molecule has 1 unspecified atom stereocenters. The molecule has 1 heterocycles. The van der Waals surface area contributed by atoms with Crippen LogP contribution in [-0.2, 0) is 10.8 Å². The van der Waals surface area contributed by atoms with Crippen molar-refractivity contribution >= 4 is 27.4 Å². The van der Waals surface area contributed by atoms with Crippen LogP contribution >= 0.6 is 0 Å². The van der Waals surface area contributed by atoms with Crippen LogP contribution < -0.4 is 4.48 Å². The van der Waals surface area contributed by atoms with Crippen LogP contribution in [0.3, 0.4) is 0 Å². The van der Waals surface area contributed by atoms with Crippen LogP contribution in [0.2, 0.25) is 0 Å². The molecule has 1 atom stereocenters. The lowest BCUT2D eigenvalue weighted by Gasteiger charge is -2.24. The van der Waals surface area contributed by atoms with Gasteiger partial charge >= 0.3 is 0 Å². The van der Waals surface area contributed by atoms with Crippen LogP contribution in [0.4, 0.5) is 5.69 Å². The molecule has 0 aliphatic carbocycles. The van der Waals surface area contributed by atoms with E-state index in [2.05, 4.69) is 26.1 Å². The maximum atomic E-state index is 11.5. The van der Waals surface area contributed by atoms with Crippen LogP contribution in [0.25, 0.3) is 10.9 Å². The molecule has 3 nitrogen and oxygen atoms in total. The van der Waals surface area contributed by atoms with Crippen LogP contribution in [0.5, 0.6) is 0 Å². The SMILES string of the molecule is CS(=O)c1ccc2c([N+](C)(C)C)ccnc2c1. The number of aromatic nitrogens is 1. The fourth-order valence-electron chi connectivity index (χ4n) is 1.88. The summed E-state index contributed by atoms with van der Waals surface area (Å²) in [5, 5.41) is 1.12. The highest BCUT2D eigenvalue weighted by Crippen LogP contribution is 2.28. The highest BCUT2D eigenvalue weighted by atomic mass is 32.2. The molecule has 90 valence electrons. The maximum Gasteiger partial charge on any atom is 0.143 e. The molecule has 0 aliphatic rings. The molecule has 17 heavy (non-hydrogen) atoms. The Balaban J connectivity index is 2.72.